The molecule has 0 radical (unpaired) electrons. The quantitative estimate of drug-likeness (QED) is 0.330. The lowest BCUT2D eigenvalue weighted by atomic mass is 10.0. The van der Waals surface area contributed by atoms with E-state index in [1.54, 1.807) is 7.05 Å². The van der Waals surface area contributed by atoms with Crippen molar-refractivity contribution in [1.29, 1.82) is 0 Å². The highest BCUT2D eigenvalue weighted by atomic mass is 16.2. The van der Waals surface area contributed by atoms with Gasteiger partial charge >= 0.3 is 0 Å². The zero-order chi connectivity index (χ0) is 23.3. The minimum absolute atomic E-state index is 0.0352. The van der Waals surface area contributed by atoms with E-state index in [1.165, 1.54) is 27.7 Å². The normalized spacial score (nSPS) is 12.7. The first-order valence-corrected chi connectivity index (χ1v) is 10.2. The molecule has 30 heavy (non-hydrogen) atoms. The molecule has 2 atom stereocenters. The number of carbonyl (C=O) groups excluding carboxylic acids is 6. The lowest BCUT2D eigenvalue weighted by Gasteiger charge is -2.21. The van der Waals surface area contributed by atoms with E-state index in [0.717, 1.165) is 0 Å². The molecule has 0 saturated carbocycles. The summed E-state index contributed by atoms with van der Waals surface area (Å²) in [5, 5.41) is 8.35. The Bertz CT molecular complexity index is 631. The Morgan fingerprint density at radius 3 is 1.40 bits per heavy atom. The van der Waals surface area contributed by atoms with Gasteiger partial charge in [0.2, 0.25) is 11.8 Å². The first kappa shape index (κ1) is 27.6. The van der Waals surface area contributed by atoms with Gasteiger partial charge in [0, 0.05) is 56.7 Å². The summed E-state index contributed by atoms with van der Waals surface area (Å²) >= 11 is 0. The van der Waals surface area contributed by atoms with E-state index in [0.29, 0.717) is 0 Å². The van der Waals surface area contributed by atoms with Crippen molar-refractivity contribution in [3.63, 3.8) is 0 Å². The number of hydrogen-bond donors (Lipinski definition) is 3. The lowest BCUT2D eigenvalue weighted by molar-refractivity contribution is -0.126. The van der Waals surface area contributed by atoms with Crippen molar-refractivity contribution in [2.45, 2.75) is 90.8 Å². The SMILES string of the molecule is CNC(CC(C)=O)CC(=O)NC(CCC(=O)NC(CC(C)=O)CC(C)=O)CC(C)=O. The summed E-state index contributed by atoms with van der Waals surface area (Å²) in [6.07, 6.45) is 0.795. The number of rotatable bonds is 16. The largest absolute Gasteiger partial charge is 0.353 e. The van der Waals surface area contributed by atoms with Crippen molar-refractivity contribution in [1.82, 2.24) is 16.0 Å². The van der Waals surface area contributed by atoms with Gasteiger partial charge in [0.25, 0.3) is 0 Å². The van der Waals surface area contributed by atoms with E-state index >= 15 is 0 Å². The third-order valence-corrected chi connectivity index (χ3v) is 4.43. The van der Waals surface area contributed by atoms with Crippen LogP contribution in [0.2, 0.25) is 0 Å². The summed E-state index contributed by atoms with van der Waals surface area (Å²) in [5.74, 6) is -1.09. The van der Waals surface area contributed by atoms with E-state index in [2.05, 4.69) is 16.0 Å². The van der Waals surface area contributed by atoms with E-state index in [9.17, 15) is 28.8 Å². The highest BCUT2D eigenvalue weighted by molar-refractivity contribution is 5.83. The van der Waals surface area contributed by atoms with Gasteiger partial charge in [0.05, 0.1) is 0 Å². The van der Waals surface area contributed by atoms with Crippen LogP contribution >= 0.6 is 0 Å². The first-order valence-electron chi connectivity index (χ1n) is 10.2. The molecule has 0 aliphatic rings. The summed E-state index contributed by atoms with van der Waals surface area (Å²) in [5.41, 5.74) is 0. The van der Waals surface area contributed by atoms with Crippen molar-refractivity contribution >= 4 is 34.9 Å². The summed E-state index contributed by atoms with van der Waals surface area (Å²) in [6, 6.07) is -1.38. The molecular weight excluding hydrogens is 390 g/mol. The van der Waals surface area contributed by atoms with Gasteiger partial charge in [-0.15, -0.1) is 0 Å². The Kier molecular flexibility index (Phi) is 13.4. The highest BCUT2D eigenvalue weighted by Crippen LogP contribution is 2.08. The Morgan fingerprint density at radius 2 is 0.967 bits per heavy atom. The molecule has 0 aromatic heterocycles. The average molecular weight is 426 g/mol. The van der Waals surface area contributed by atoms with Gasteiger partial charge in [0.15, 0.2) is 0 Å². The fourth-order valence-corrected chi connectivity index (χ4v) is 3.18. The molecule has 0 aliphatic heterocycles. The smallest absolute Gasteiger partial charge is 0.221 e. The Labute approximate surface area is 178 Å². The van der Waals surface area contributed by atoms with Gasteiger partial charge in [-0.1, -0.05) is 0 Å². The number of carbonyl (C=O) groups is 6. The standard InChI is InChI=1S/C21H35N3O6/c1-13(25)8-17(23-21(30)12-18(22-5)9-14(2)26)6-7-20(29)24-19(10-15(3)27)11-16(4)28/h17-19,22H,6-12H2,1-5H3,(H,23,30)(H,24,29). The van der Waals surface area contributed by atoms with Crippen molar-refractivity contribution < 1.29 is 28.8 Å². The minimum atomic E-state index is -0.559. The van der Waals surface area contributed by atoms with Crippen molar-refractivity contribution in [2.75, 3.05) is 7.05 Å². The minimum Gasteiger partial charge on any atom is -0.353 e. The average Bonchev–Trinajstić information content (AvgIpc) is 2.56. The molecule has 0 aliphatic carbocycles. The Hall–Kier alpha value is -2.42. The van der Waals surface area contributed by atoms with E-state index in [4.69, 9.17) is 0 Å². The number of ketones is 4. The second-order valence-corrected chi connectivity index (χ2v) is 7.88. The van der Waals surface area contributed by atoms with Crippen molar-refractivity contribution in [3.05, 3.63) is 0 Å². The Balaban J connectivity index is 4.80. The zero-order valence-electron chi connectivity index (χ0n) is 18.6. The molecule has 0 fully saturated rings. The molecule has 3 N–H and O–H groups in total. The molecule has 0 aromatic rings. The van der Waals surface area contributed by atoms with Gasteiger partial charge in [0.1, 0.15) is 23.1 Å². The van der Waals surface area contributed by atoms with Gasteiger partial charge < -0.3 is 16.0 Å². The van der Waals surface area contributed by atoms with Crippen LogP contribution in [0.25, 0.3) is 0 Å². The summed E-state index contributed by atoms with van der Waals surface area (Å²) in [7, 11) is 1.66. The molecule has 9 nitrogen and oxygen atoms in total. The van der Waals surface area contributed by atoms with E-state index in [1.807, 2.05) is 0 Å². The van der Waals surface area contributed by atoms with Gasteiger partial charge in [-0.05, 0) is 41.2 Å². The summed E-state index contributed by atoms with van der Waals surface area (Å²) < 4.78 is 0. The molecule has 0 aromatic carbocycles. The second-order valence-electron chi connectivity index (χ2n) is 7.88. The first-order chi connectivity index (χ1) is 13.9. The van der Waals surface area contributed by atoms with Crippen LogP contribution in [0, 0.1) is 0 Å². The van der Waals surface area contributed by atoms with Crippen LogP contribution in [0.15, 0.2) is 0 Å². The maximum atomic E-state index is 12.3. The van der Waals surface area contributed by atoms with Crippen LogP contribution in [0.4, 0.5) is 0 Å². The molecule has 0 spiro atoms. The highest BCUT2D eigenvalue weighted by Gasteiger charge is 2.21. The fraction of sp³-hybridized carbons (Fsp3) is 0.714. The predicted octanol–water partition coefficient (Wildman–Crippen LogP) is 0.631. The van der Waals surface area contributed by atoms with Crippen LogP contribution in [0.5, 0.6) is 0 Å². The molecule has 9 heteroatoms. The third kappa shape index (κ3) is 14.6. The van der Waals surface area contributed by atoms with Crippen molar-refractivity contribution in [3.8, 4) is 0 Å². The van der Waals surface area contributed by atoms with E-state index < -0.39 is 12.1 Å². The molecule has 0 heterocycles. The van der Waals surface area contributed by atoms with E-state index in [-0.39, 0.29) is 85.9 Å². The summed E-state index contributed by atoms with van der Waals surface area (Å²) in [6.45, 7) is 5.64. The van der Waals surface area contributed by atoms with Gasteiger partial charge in [-0.3, -0.25) is 28.8 Å². The molecule has 2 unspecified atom stereocenters. The summed E-state index contributed by atoms with van der Waals surface area (Å²) in [4.78, 5) is 70.0. The number of Topliss-reactive ketones (excluding diaryl/α,β-unsaturated/α-hetero) is 4. The maximum Gasteiger partial charge on any atom is 0.221 e. The molecule has 0 rings (SSSR count). The molecule has 0 bridgehead atoms. The second kappa shape index (κ2) is 14.5. The van der Waals surface area contributed by atoms with Crippen LogP contribution in [-0.4, -0.2) is 60.1 Å². The van der Waals surface area contributed by atoms with Crippen LogP contribution in [0.1, 0.15) is 72.6 Å². The van der Waals surface area contributed by atoms with Crippen molar-refractivity contribution in [2.24, 2.45) is 0 Å². The molecule has 170 valence electrons. The number of amides is 2. The molecule has 2 amide bonds. The number of hydrogen-bond acceptors (Lipinski definition) is 7. The molecule has 0 saturated heterocycles. The van der Waals surface area contributed by atoms with Gasteiger partial charge in [-0.25, -0.2) is 0 Å². The zero-order valence-corrected chi connectivity index (χ0v) is 18.6. The fourth-order valence-electron chi connectivity index (χ4n) is 3.18. The Morgan fingerprint density at radius 1 is 0.567 bits per heavy atom. The molecular formula is C21H35N3O6. The topological polar surface area (TPSA) is 139 Å². The van der Waals surface area contributed by atoms with Crippen LogP contribution < -0.4 is 16.0 Å². The monoisotopic (exact) mass is 425 g/mol. The van der Waals surface area contributed by atoms with Crippen LogP contribution in [0.3, 0.4) is 0 Å². The third-order valence-electron chi connectivity index (χ3n) is 4.43. The lowest BCUT2D eigenvalue weighted by Crippen LogP contribution is -2.42. The maximum absolute atomic E-state index is 12.3. The number of nitrogens with one attached hydrogen (secondary N) is 3. The van der Waals surface area contributed by atoms with Crippen LogP contribution in [-0.2, 0) is 28.8 Å². The predicted molar refractivity (Wildman–Crippen MR) is 112 cm³/mol. The van der Waals surface area contributed by atoms with Gasteiger partial charge in [-0.2, -0.15) is 0 Å².